The largest absolute Gasteiger partial charge is 0.478 e. The number of aliphatic carboxylic acids is 1. The highest BCUT2D eigenvalue weighted by atomic mass is 16.5. The van der Waals surface area contributed by atoms with Gasteiger partial charge >= 0.3 is 5.97 Å². The van der Waals surface area contributed by atoms with Crippen molar-refractivity contribution in [2.24, 2.45) is 5.41 Å². The Kier molecular flexibility index (Phi) is 2.09. The third kappa shape index (κ3) is 1.73. The fourth-order valence-corrected chi connectivity index (χ4v) is 1.91. The first-order chi connectivity index (χ1) is 6.20. The number of ether oxygens (including phenoxy) is 1. The fraction of sp³-hybridized carbons (Fsp3) is 0.667. The van der Waals surface area contributed by atoms with E-state index in [1.807, 2.05) is 0 Å². The molecule has 0 radical (unpaired) electrons. The molecular formula is C9H13NO3. The molecule has 0 saturated carbocycles. The van der Waals surface area contributed by atoms with Crippen molar-refractivity contribution in [2.75, 3.05) is 32.8 Å². The second-order valence-electron chi connectivity index (χ2n) is 3.90. The average Bonchev–Trinajstić information content (AvgIpc) is 1.89. The molecule has 72 valence electrons. The van der Waals surface area contributed by atoms with E-state index in [-0.39, 0.29) is 0 Å². The number of carbonyl (C=O) groups is 1. The van der Waals surface area contributed by atoms with Crippen LogP contribution in [-0.2, 0) is 9.53 Å². The van der Waals surface area contributed by atoms with Crippen LogP contribution < -0.4 is 0 Å². The Morgan fingerprint density at radius 1 is 1.54 bits per heavy atom. The number of likely N-dealkylation sites (tertiary alicyclic amines) is 1. The van der Waals surface area contributed by atoms with Gasteiger partial charge in [0, 0.05) is 31.1 Å². The van der Waals surface area contributed by atoms with Gasteiger partial charge in [0.05, 0.1) is 13.2 Å². The predicted molar refractivity (Wildman–Crippen MR) is 46.5 cm³/mol. The van der Waals surface area contributed by atoms with Crippen molar-refractivity contribution in [1.29, 1.82) is 0 Å². The van der Waals surface area contributed by atoms with Gasteiger partial charge < -0.3 is 9.84 Å². The number of hydrogen-bond donors (Lipinski definition) is 1. The zero-order valence-corrected chi connectivity index (χ0v) is 7.40. The number of nitrogens with zero attached hydrogens (tertiary/aromatic N) is 1. The highest BCUT2D eigenvalue weighted by Gasteiger charge is 2.48. The number of carboxylic acids is 1. The number of rotatable bonds is 3. The normalized spacial score (nSPS) is 25.8. The maximum atomic E-state index is 10.2. The molecule has 13 heavy (non-hydrogen) atoms. The Labute approximate surface area is 76.8 Å². The molecule has 0 aliphatic carbocycles. The summed E-state index contributed by atoms with van der Waals surface area (Å²) in [4.78, 5) is 12.4. The Morgan fingerprint density at radius 2 is 2.23 bits per heavy atom. The van der Waals surface area contributed by atoms with Gasteiger partial charge in [0.15, 0.2) is 0 Å². The lowest BCUT2D eigenvalue weighted by atomic mass is 9.78. The summed E-state index contributed by atoms with van der Waals surface area (Å²) in [6.07, 6.45) is 2.89. The van der Waals surface area contributed by atoms with Crippen LogP contribution in [-0.4, -0.2) is 48.8 Å². The molecule has 4 heteroatoms. The molecule has 2 heterocycles. The average molecular weight is 183 g/mol. The fourth-order valence-electron chi connectivity index (χ4n) is 1.91. The molecule has 2 aliphatic rings. The van der Waals surface area contributed by atoms with E-state index in [9.17, 15) is 4.79 Å². The predicted octanol–water partition coefficient (Wildman–Crippen LogP) is -0.0406. The standard InChI is InChI=1S/C9H13NO3/c11-8(12)2-1-3-10-4-9(5-10)6-13-7-9/h1-2H,3-7H2,(H,11,12)/b2-1+. The Hall–Kier alpha value is -0.870. The van der Waals surface area contributed by atoms with Crippen LogP contribution in [0.5, 0.6) is 0 Å². The van der Waals surface area contributed by atoms with E-state index in [2.05, 4.69) is 4.90 Å². The van der Waals surface area contributed by atoms with Crippen LogP contribution in [0, 0.1) is 5.41 Å². The highest BCUT2D eigenvalue weighted by molar-refractivity contribution is 5.79. The van der Waals surface area contributed by atoms with E-state index < -0.39 is 5.97 Å². The van der Waals surface area contributed by atoms with Crippen LogP contribution in [0.25, 0.3) is 0 Å². The van der Waals surface area contributed by atoms with E-state index in [0.29, 0.717) is 5.41 Å². The van der Waals surface area contributed by atoms with Crippen LogP contribution in [0.2, 0.25) is 0 Å². The molecule has 0 bridgehead atoms. The molecule has 0 aromatic rings. The second-order valence-corrected chi connectivity index (χ2v) is 3.90. The molecule has 2 fully saturated rings. The van der Waals surface area contributed by atoms with Gasteiger partial charge in [-0.3, -0.25) is 4.90 Å². The Balaban J connectivity index is 1.66. The van der Waals surface area contributed by atoms with Crippen molar-refractivity contribution in [2.45, 2.75) is 0 Å². The van der Waals surface area contributed by atoms with Crippen LogP contribution in [0.15, 0.2) is 12.2 Å². The van der Waals surface area contributed by atoms with Gasteiger partial charge in [0.1, 0.15) is 0 Å². The van der Waals surface area contributed by atoms with Crippen molar-refractivity contribution in [3.05, 3.63) is 12.2 Å². The van der Waals surface area contributed by atoms with Gasteiger partial charge in [-0.1, -0.05) is 6.08 Å². The Bertz CT molecular complexity index is 237. The Morgan fingerprint density at radius 3 is 2.69 bits per heavy atom. The van der Waals surface area contributed by atoms with Crippen LogP contribution in [0.1, 0.15) is 0 Å². The first-order valence-corrected chi connectivity index (χ1v) is 4.40. The van der Waals surface area contributed by atoms with Gasteiger partial charge in [0.25, 0.3) is 0 Å². The van der Waals surface area contributed by atoms with E-state index in [4.69, 9.17) is 9.84 Å². The summed E-state index contributed by atoms with van der Waals surface area (Å²) < 4.78 is 5.13. The summed E-state index contributed by atoms with van der Waals surface area (Å²) in [5.41, 5.74) is 0.428. The zero-order valence-electron chi connectivity index (χ0n) is 7.40. The third-order valence-electron chi connectivity index (χ3n) is 2.56. The first-order valence-electron chi connectivity index (χ1n) is 4.40. The van der Waals surface area contributed by atoms with Gasteiger partial charge in [-0.2, -0.15) is 0 Å². The highest BCUT2D eigenvalue weighted by Crippen LogP contribution is 2.37. The summed E-state index contributed by atoms with van der Waals surface area (Å²) in [5, 5.41) is 8.35. The SMILES string of the molecule is O=C(O)/C=C/CN1CC2(COC2)C1. The molecule has 1 spiro atoms. The summed E-state index contributed by atoms with van der Waals surface area (Å²) in [7, 11) is 0. The molecule has 0 aromatic heterocycles. The van der Waals surface area contributed by atoms with Crippen molar-refractivity contribution in [3.8, 4) is 0 Å². The van der Waals surface area contributed by atoms with Gasteiger partial charge in [-0.25, -0.2) is 4.79 Å². The minimum absolute atomic E-state index is 0.428. The molecular weight excluding hydrogens is 170 g/mol. The van der Waals surface area contributed by atoms with Gasteiger partial charge in [-0.15, -0.1) is 0 Å². The molecule has 0 unspecified atom stereocenters. The smallest absolute Gasteiger partial charge is 0.328 e. The number of hydrogen-bond acceptors (Lipinski definition) is 3. The van der Waals surface area contributed by atoms with Crippen LogP contribution in [0.3, 0.4) is 0 Å². The third-order valence-corrected chi connectivity index (χ3v) is 2.56. The van der Waals surface area contributed by atoms with E-state index in [1.165, 1.54) is 6.08 Å². The molecule has 4 nitrogen and oxygen atoms in total. The van der Waals surface area contributed by atoms with Gasteiger partial charge in [-0.05, 0) is 0 Å². The monoisotopic (exact) mass is 183 g/mol. The maximum absolute atomic E-state index is 10.2. The zero-order chi connectivity index (χ0) is 9.31. The summed E-state index contributed by atoms with van der Waals surface area (Å²) in [5.74, 6) is -0.873. The minimum Gasteiger partial charge on any atom is -0.478 e. The quantitative estimate of drug-likeness (QED) is 0.624. The van der Waals surface area contributed by atoms with Gasteiger partial charge in [0.2, 0.25) is 0 Å². The topological polar surface area (TPSA) is 49.8 Å². The maximum Gasteiger partial charge on any atom is 0.328 e. The second kappa shape index (κ2) is 3.12. The summed E-state index contributed by atoms with van der Waals surface area (Å²) in [6, 6.07) is 0. The summed E-state index contributed by atoms with van der Waals surface area (Å²) >= 11 is 0. The van der Waals surface area contributed by atoms with Crippen molar-refractivity contribution in [3.63, 3.8) is 0 Å². The van der Waals surface area contributed by atoms with Crippen molar-refractivity contribution >= 4 is 5.97 Å². The van der Waals surface area contributed by atoms with E-state index in [1.54, 1.807) is 6.08 Å². The molecule has 2 aliphatic heterocycles. The molecule has 2 saturated heterocycles. The lowest BCUT2D eigenvalue weighted by Gasteiger charge is -2.54. The van der Waals surface area contributed by atoms with Crippen LogP contribution >= 0.6 is 0 Å². The number of carboxylic acid groups (broad SMARTS) is 1. The minimum atomic E-state index is -0.873. The van der Waals surface area contributed by atoms with E-state index >= 15 is 0 Å². The summed E-state index contributed by atoms with van der Waals surface area (Å²) in [6.45, 7) is 4.61. The van der Waals surface area contributed by atoms with Crippen molar-refractivity contribution < 1.29 is 14.6 Å². The van der Waals surface area contributed by atoms with E-state index in [0.717, 1.165) is 32.8 Å². The van der Waals surface area contributed by atoms with Crippen LogP contribution in [0.4, 0.5) is 0 Å². The molecule has 0 atom stereocenters. The molecule has 0 amide bonds. The first kappa shape index (κ1) is 8.72. The molecule has 0 aromatic carbocycles. The lowest BCUT2D eigenvalue weighted by molar-refractivity contribution is -0.186. The molecule has 1 N–H and O–H groups in total. The lowest BCUT2D eigenvalue weighted by Crippen LogP contribution is -2.65. The van der Waals surface area contributed by atoms with Crippen molar-refractivity contribution in [1.82, 2.24) is 4.90 Å². The molecule has 2 rings (SSSR count).